The molecule has 4 heteroatoms. The van der Waals surface area contributed by atoms with Crippen LogP contribution in [0.25, 0.3) is 0 Å². The van der Waals surface area contributed by atoms with Crippen molar-refractivity contribution in [2.24, 2.45) is 0 Å². The molecule has 0 spiro atoms. The van der Waals surface area contributed by atoms with Gasteiger partial charge in [0.2, 0.25) is 0 Å². The molecule has 3 nitrogen and oxygen atoms in total. The molecule has 0 aliphatic rings. The van der Waals surface area contributed by atoms with Gasteiger partial charge < -0.3 is 14.5 Å². The molecular formula is C14H16BrNO2. The van der Waals surface area contributed by atoms with Crippen molar-refractivity contribution in [3.05, 3.63) is 51.9 Å². The van der Waals surface area contributed by atoms with Gasteiger partial charge in [-0.15, -0.1) is 0 Å². The minimum Gasteiger partial charge on any atom is -0.485 e. The van der Waals surface area contributed by atoms with Crippen LogP contribution in [0.3, 0.4) is 0 Å². The molecule has 1 aromatic heterocycles. The summed E-state index contributed by atoms with van der Waals surface area (Å²) in [6.45, 7) is 3.27. The molecule has 0 atom stereocenters. The summed E-state index contributed by atoms with van der Waals surface area (Å²) in [6.07, 6.45) is 1.75. The van der Waals surface area contributed by atoms with Crippen LogP contribution in [0, 0.1) is 6.92 Å². The molecule has 2 aromatic rings. The summed E-state index contributed by atoms with van der Waals surface area (Å²) in [5.41, 5.74) is 2.24. The molecule has 0 amide bonds. The summed E-state index contributed by atoms with van der Waals surface area (Å²) < 4.78 is 12.2. The van der Waals surface area contributed by atoms with Crippen LogP contribution in [-0.4, -0.2) is 7.05 Å². The zero-order valence-corrected chi connectivity index (χ0v) is 12.1. The Morgan fingerprint density at radius 2 is 2.17 bits per heavy atom. The molecule has 1 aromatic carbocycles. The van der Waals surface area contributed by atoms with Crippen molar-refractivity contribution in [3.63, 3.8) is 0 Å². The molecule has 0 aliphatic heterocycles. The normalized spacial score (nSPS) is 10.6. The average Bonchev–Trinajstić information content (AvgIpc) is 2.79. The number of rotatable bonds is 5. The molecule has 2 rings (SSSR count). The van der Waals surface area contributed by atoms with Gasteiger partial charge in [-0.3, -0.25) is 0 Å². The molecule has 18 heavy (non-hydrogen) atoms. The first-order valence-corrected chi connectivity index (χ1v) is 6.58. The van der Waals surface area contributed by atoms with E-state index in [0.29, 0.717) is 6.61 Å². The average molecular weight is 310 g/mol. The Hall–Kier alpha value is -1.26. The first kappa shape index (κ1) is 13.2. The van der Waals surface area contributed by atoms with Gasteiger partial charge in [-0.25, -0.2) is 0 Å². The van der Waals surface area contributed by atoms with Crippen LogP contribution < -0.4 is 10.1 Å². The van der Waals surface area contributed by atoms with E-state index in [0.717, 1.165) is 33.7 Å². The Labute approximate surface area is 115 Å². The number of nitrogens with one attached hydrogen (secondary N) is 1. The monoisotopic (exact) mass is 309 g/mol. The van der Waals surface area contributed by atoms with Crippen LogP contribution in [0.4, 0.5) is 0 Å². The predicted octanol–water partition coefficient (Wildman–Crippen LogP) is 3.65. The second kappa shape index (κ2) is 6.07. The largest absolute Gasteiger partial charge is 0.485 e. The molecule has 0 saturated carbocycles. The minimum atomic E-state index is 0.445. The van der Waals surface area contributed by atoms with Crippen LogP contribution in [0.15, 0.2) is 39.4 Å². The van der Waals surface area contributed by atoms with Gasteiger partial charge in [-0.1, -0.05) is 22.0 Å². The van der Waals surface area contributed by atoms with Crippen LogP contribution in [-0.2, 0) is 13.2 Å². The minimum absolute atomic E-state index is 0.445. The Morgan fingerprint density at radius 1 is 1.33 bits per heavy atom. The number of hydrogen-bond donors (Lipinski definition) is 1. The third kappa shape index (κ3) is 3.37. The standard InChI is InChI=1S/C14H16BrNO2/c1-10-3-4-12(15)6-14(10)18-9-13-5-11(7-16-2)8-17-13/h3-6,8,16H,7,9H2,1-2H3. The van der Waals surface area contributed by atoms with E-state index < -0.39 is 0 Å². The highest BCUT2D eigenvalue weighted by atomic mass is 79.9. The van der Waals surface area contributed by atoms with Gasteiger partial charge >= 0.3 is 0 Å². The maximum absolute atomic E-state index is 5.75. The third-order valence-electron chi connectivity index (χ3n) is 2.61. The Bertz CT molecular complexity index is 522. The molecule has 0 fully saturated rings. The Kier molecular flexibility index (Phi) is 4.44. The maximum atomic E-state index is 5.75. The summed E-state index contributed by atoms with van der Waals surface area (Å²) in [5, 5.41) is 3.08. The predicted molar refractivity (Wildman–Crippen MR) is 74.7 cm³/mol. The van der Waals surface area contributed by atoms with Crippen LogP contribution in [0.5, 0.6) is 5.75 Å². The van der Waals surface area contributed by atoms with E-state index in [9.17, 15) is 0 Å². The van der Waals surface area contributed by atoms with Crippen molar-refractivity contribution in [2.45, 2.75) is 20.1 Å². The summed E-state index contributed by atoms with van der Waals surface area (Å²) in [5.74, 6) is 1.70. The van der Waals surface area contributed by atoms with Crippen LogP contribution in [0.1, 0.15) is 16.9 Å². The molecule has 0 bridgehead atoms. The number of hydrogen-bond acceptors (Lipinski definition) is 3. The van der Waals surface area contributed by atoms with E-state index in [1.54, 1.807) is 6.26 Å². The lowest BCUT2D eigenvalue weighted by Crippen LogP contribution is -2.03. The number of benzene rings is 1. The van der Waals surface area contributed by atoms with Crippen molar-refractivity contribution in [2.75, 3.05) is 7.05 Å². The van der Waals surface area contributed by atoms with Crippen molar-refractivity contribution < 1.29 is 9.15 Å². The zero-order valence-electron chi connectivity index (χ0n) is 10.5. The van der Waals surface area contributed by atoms with Crippen molar-refractivity contribution in [3.8, 4) is 5.75 Å². The van der Waals surface area contributed by atoms with Gasteiger partial charge in [0.1, 0.15) is 18.1 Å². The van der Waals surface area contributed by atoms with Gasteiger partial charge in [0.15, 0.2) is 0 Å². The number of halogens is 1. The van der Waals surface area contributed by atoms with E-state index >= 15 is 0 Å². The van der Waals surface area contributed by atoms with Gasteiger partial charge in [0.05, 0.1) is 6.26 Å². The molecular weight excluding hydrogens is 294 g/mol. The lowest BCUT2D eigenvalue weighted by atomic mass is 10.2. The molecule has 0 aliphatic carbocycles. The molecule has 0 unspecified atom stereocenters. The third-order valence-corrected chi connectivity index (χ3v) is 3.10. The highest BCUT2D eigenvalue weighted by molar-refractivity contribution is 9.10. The zero-order chi connectivity index (χ0) is 13.0. The number of furan rings is 1. The SMILES string of the molecule is CNCc1coc(COc2cc(Br)ccc2C)c1. The van der Waals surface area contributed by atoms with E-state index in [2.05, 4.69) is 21.2 Å². The summed E-state index contributed by atoms with van der Waals surface area (Å²) in [7, 11) is 1.91. The van der Waals surface area contributed by atoms with Crippen LogP contribution >= 0.6 is 15.9 Å². The highest BCUT2D eigenvalue weighted by Crippen LogP contribution is 2.24. The maximum Gasteiger partial charge on any atom is 0.146 e. The fourth-order valence-electron chi connectivity index (χ4n) is 1.68. The number of aryl methyl sites for hydroxylation is 1. The fraction of sp³-hybridized carbons (Fsp3) is 0.286. The Morgan fingerprint density at radius 3 is 2.94 bits per heavy atom. The molecule has 0 radical (unpaired) electrons. The van der Waals surface area contributed by atoms with Crippen molar-refractivity contribution in [1.82, 2.24) is 5.32 Å². The first-order chi connectivity index (χ1) is 8.69. The van der Waals surface area contributed by atoms with Crippen molar-refractivity contribution >= 4 is 15.9 Å². The van der Waals surface area contributed by atoms with Crippen molar-refractivity contribution in [1.29, 1.82) is 0 Å². The van der Waals surface area contributed by atoms with E-state index in [4.69, 9.17) is 9.15 Å². The van der Waals surface area contributed by atoms with Gasteiger partial charge in [0.25, 0.3) is 0 Å². The van der Waals surface area contributed by atoms with Gasteiger partial charge in [0, 0.05) is 16.6 Å². The smallest absolute Gasteiger partial charge is 0.146 e. The molecule has 96 valence electrons. The van der Waals surface area contributed by atoms with E-state index in [-0.39, 0.29) is 0 Å². The quantitative estimate of drug-likeness (QED) is 0.915. The molecule has 0 saturated heterocycles. The van der Waals surface area contributed by atoms with Crippen LogP contribution in [0.2, 0.25) is 0 Å². The lowest BCUT2D eigenvalue weighted by molar-refractivity contribution is 0.268. The summed E-state index contributed by atoms with van der Waals surface area (Å²) in [6, 6.07) is 7.99. The van der Waals surface area contributed by atoms with E-state index in [1.807, 2.05) is 38.2 Å². The van der Waals surface area contributed by atoms with Gasteiger partial charge in [-0.2, -0.15) is 0 Å². The lowest BCUT2D eigenvalue weighted by Gasteiger charge is -2.07. The van der Waals surface area contributed by atoms with E-state index in [1.165, 1.54) is 0 Å². The number of ether oxygens (including phenoxy) is 1. The molecule has 1 heterocycles. The summed E-state index contributed by atoms with van der Waals surface area (Å²) in [4.78, 5) is 0. The van der Waals surface area contributed by atoms with Gasteiger partial charge in [-0.05, 0) is 37.7 Å². The summed E-state index contributed by atoms with van der Waals surface area (Å²) >= 11 is 3.44. The second-order valence-corrected chi connectivity index (χ2v) is 5.07. The highest BCUT2D eigenvalue weighted by Gasteiger charge is 2.04. The second-order valence-electron chi connectivity index (χ2n) is 4.15. The molecule has 1 N–H and O–H groups in total. The Balaban J connectivity index is 1.99. The fourth-order valence-corrected chi connectivity index (χ4v) is 2.02. The topological polar surface area (TPSA) is 34.4 Å². The first-order valence-electron chi connectivity index (χ1n) is 5.79.